The topological polar surface area (TPSA) is 35.5 Å². The highest BCUT2D eigenvalue weighted by atomic mass is 16.6. The van der Waals surface area contributed by atoms with E-state index in [-0.39, 0.29) is 12.0 Å². The molecule has 0 N–H and O–H groups in total. The number of esters is 1. The monoisotopic (exact) mass is 153 g/mol. The van der Waals surface area contributed by atoms with Crippen LogP contribution in [0.4, 0.5) is 0 Å². The summed E-state index contributed by atoms with van der Waals surface area (Å²) in [5, 5.41) is 0. The lowest BCUT2D eigenvalue weighted by Crippen LogP contribution is -2.05. The summed E-state index contributed by atoms with van der Waals surface area (Å²) < 4.78 is 16.4. The van der Waals surface area contributed by atoms with Crippen molar-refractivity contribution in [2.75, 3.05) is 7.11 Å². The zero-order valence-corrected chi connectivity index (χ0v) is 6.03. The standard InChI is InChI=1S/C8H8O3/c1-10-8(9)7-5-3-2-4-6-11-7/h2-6H,1H3/i6D. The lowest BCUT2D eigenvalue weighted by atomic mass is 10.4. The molecule has 0 atom stereocenters. The predicted octanol–water partition coefficient (Wildman–Crippen LogP) is 1.14. The Hall–Kier alpha value is -1.51. The highest BCUT2D eigenvalue weighted by Gasteiger charge is 2.08. The Bertz CT molecular complexity index is 276. The van der Waals surface area contributed by atoms with Crippen molar-refractivity contribution in [1.29, 1.82) is 0 Å². The van der Waals surface area contributed by atoms with Crippen LogP contribution < -0.4 is 0 Å². The molecular formula is C8H8O3. The molecule has 0 amide bonds. The Morgan fingerprint density at radius 2 is 2.45 bits per heavy atom. The molecule has 0 radical (unpaired) electrons. The maximum atomic E-state index is 10.9. The fourth-order valence-corrected chi connectivity index (χ4v) is 0.580. The molecule has 0 saturated heterocycles. The molecule has 0 unspecified atom stereocenters. The highest BCUT2D eigenvalue weighted by Crippen LogP contribution is 2.04. The summed E-state index contributed by atoms with van der Waals surface area (Å²) in [6.07, 6.45) is 6.02. The van der Waals surface area contributed by atoms with E-state index in [4.69, 9.17) is 6.11 Å². The van der Waals surface area contributed by atoms with Crippen molar-refractivity contribution < 1.29 is 15.6 Å². The van der Waals surface area contributed by atoms with Gasteiger partial charge in [-0.3, -0.25) is 0 Å². The molecule has 3 nitrogen and oxygen atoms in total. The second kappa shape index (κ2) is 3.61. The number of allylic oxidation sites excluding steroid dienone is 4. The van der Waals surface area contributed by atoms with Crippen LogP contribution in [-0.2, 0) is 14.3 Å². The van der Waals surface area contributed by atoms with E-state index < -0.39 is 5.97 Å². The van der Waals surface area contributed by atoms with E-state index in [1.807, 2.05) is 0 Å². The van der Waals surface area contributed by atoms with E-state index in [0.717, 1.165) is 0 Å². The zero-order valence-electron chi connectivity index (χ0n) is 7.03. The molecule has 3 heteroatoms. The molecule has 1 aliphatic rings. The molecule has 0 aromatic heterocycles. The van der Waals surface area contributed by atoms with Crippen molar-refractivity contribution >= 4 is 5.97 Å². The average Bonchev–Trinajstić information content (AvgIpc) is 2.28. The molecular weight excluding hydrogens is 144 g/mol. The summed E-state index contributed by atoms with van der Waals surface area (Å²) in [4.78, 5) is 10.9. The minimum atomic E-state index is -0.584. The second-order valence-corrected chi connectivity index (χ2v) is 1.79. The van der Waals surface area contributed by atoms with Gasteiger partial charge in [0.2, 0.25) is 5.76 Å². The normalized spacial score (nSPS) is 17.0. The summed E-state index contributed by atoms with van der Waals surface area (Å²) in [5.74, 6) is -0.563. The molecule has 0 spiro atoms. The smallest absolute Gasteiger partial charge is 0.373 e. The zero-order chi connectivity index (χ0) is 8.97. The molecule has 0 fully saturated rings. The van der Waals surface area contributed by atoms with E-state index in [2.05, 4.69) is 4.74 Å². The van der Waals surface area contributed by atoms with Crippen LogP contribution in [0.15, 0.2) is 36.3 Å². The van der Waals surface area contributed by atoms with Crippen LogP contribution >= 0.6 is 0 Å². The molecule has 0 aromatic carbocycles. The number of ether oxygens (including phenoxy) is 2. The molecule has 0 saturated carbocycles. The van der Waals surface area contributed by atoms with Gasteiger partial charge in [-0.2, -0.15) is 0 Å². The van der Waals surface area contributed by atoms with Crippen LogP contribution in [0.25, 0.3) is 0 Å². The summed E-state index contributed by atoms with van der Waals surface area (Å²) in [5.41, 5.74) is 0. The summed E-state index contributed by atoms with van der Waals surface area (Å²) in [6, 6.07) is 0. The van der Waals surface area contributed by atoms with Gasteiger partial charge in [-0.25, -0.2) is 4.79 Å². The van der Waals surface area contributed by atoms with Gasteiger partial charge < -0.3 is 9.47 Å². The van der Waals surface area contributed by atoms with E-state index >= 15 is 0 Å². The third kappa shape index (κ3) is 1.97. The lowest BCUT2D eigenvalue weighted by Gasteiger charge is -2.00. The number of hydrogen-bond donors (Lipinski definition) is 0. The van der Waals surface area contributed by atoms with E-state index in [1.165, 1.54) is 19.3 Å². The van der Waals surface area contributed by atoms with Gasteiger partial charge in [0.1, 0.15) is 1.37 Å². The largest absolute Gasteiger partial charge is 0.463 e. The van der Waals surface area contributed by atoms with E-state index in [0.29, 0.717) is 0 Å². The van der Waals surface area contributed by atoms with Crippen LogP contribution in [0, 0.1) is 0 Å². The molecule has 0 aliphatic carbocycles. The maximum absolute atomic E-state index is 10.9. The van der Waals surface area contributed by atoms with Crippen LogP contribution in [0.3, 0.4) is 0 Å². The van der Waals surface area contributed by atoms with Crippen molar-refractivity contribution in [3.63, 3.8) is 0 Å². The Labute approximate surface area is 66.0 Å². The third-order valence-corrected chi connectivity index (χ3v) is 1.08. The second-order valence-electron chi connectivity index (χ2n) is 1.79. The molecule has 1 rings (SSSR count). The fraction of sp³-hybridized carbons (Fsp3) is 0.125. The first-order valence-electron chi connectivity index (χ1n) is 3.55. The quantitative estimate of drug-likeness (QED) is 0.530. The first-order valence-corrected chi connectivity index (χ1v) is 3.05. The summed E-state index contributed by atoms with van der Waals surface area (Å²) in [7, 11) is 1.26. The van der Waals surface area contributed by atoms with Crippen molar-refractivity contribution in [2.24, 2.45) is 0 Å². The Morgan fingerprint density at radius 1 is 1.64 bits per heavy atom. The van der Waals surface area contributed by atoms with Crippen LogP contribution in [0.1, 0.15) is 1.37 Å². The van der Waals surface area contributed by atoms with Gasteiger partial charge in [0.05, 0.1) is 13.3 Å². The number of carbonyl (C=O) groups excluding carboxylic acids is 1. The van der Waals surface area contributed by atoms with Crippen molar-refractivity contribution in [3.05, 3.63) is 36.3 Å². The van der Waals surface area contributed by atoms with Crippen LogP contribution in [0.2, 0.25) is 0 Å². The van der Waals surface area contributed by atoms with Gasteiger partial charge >= 0.3 is 5.97 Å². The lowest BCUT2D eigenvalue weighted by molar-refractivity contribution is -0.139. The van der Waals surface area contributed by atoms with Gasteiger partial charge in [0, 0.05) is 0 Å². The molecule has 58 valence electrons. The Kier molecular flexibility index (Phi) is 2.04. The fourth-order valence-electron chi connectivity index (χ4n) is 0.580. The van der Waals surface area contributed by atoms with Gasteiger partial charge in [-0.15, -0.1) is 0 Å². The number of rotatable bonds is 1. The minimum Gasteiger partial charge on any atom is -0.463 e. The van der Waals surface area contributed by atoms with Crippen LogP contribution in [0.5, 0.6) is 0 Å². The van der Waals surface area contributed by atoms with E-state index in [1.54, 1.807) is 12.2 Å². The van der Waals surface area contributed by atoms with Crippen molar-refractivity contribution in [1.82, 2.24) is 0 Å². The Morgan fingerprint density at radius 3 is 3.18 bits per heavy atom. The Balaban J connectivity index is 2.80. The molecule has 0 aromatic rings. The molecule has 11 heavy (non-hydrogen) atoms. The first-order chi connectivity index (χ1) is 5.74. The van der Waals surface area contributed by atoms with Gasteiger partial charge in [0.15, 0.2) is 0 Å². The highest BCUT2D eigenvalue weighted by molar-refractivity contribution is 5.86. The molecule has 0 bridgehead atoms. The van der Waals surface area contributed by atoms with Gasteiger partial charge in [-0.05, 0) is 12.2 Å². The number of methoxy groups -OCH3 is 1. The minimum absolute atomic E-state index is 0.0208. The number of hydrogen-bond acceptors (Lipinski definition) is 3. The molecule has 1 heterocycles. The third-order valence-electron chi connectivity index (χ3n) is 1.08. The summed E-state index contributed by atoms with van der Waals surface area (Å²) in [6.45, 7) is 0. The van der Waals surface area contributed by atoms with Gasteiger partial charge in [-0.1, -0.05) is 12.2 Å². The molecule has 1 aliphatic heterocycles. The van der Waals surface area contributed by atoms with Gasteiger partial charge in [0.25, 0.3) is 0 Å². The summed E-state index contributed by atoms with van der Waals surface area (Å²) >= 11 is 0. The predicted molar refractivity (Wildman–Crippen MR) is 39.5 cm³/mol. The maximum Gasteiger partial charge on any atom is 0.373 e. The van der Waals surface area contributed by atoms with E-state index in [9.17, 15) is 4.79 Å². The average molecular weight is 153 g/mol. The SMILES string of the molecule is [2H]C1=CC=CC=C(C(=O)OC)O1. The van der Waals surface area contributed by atoms with Crippen molar-refractivity contribution in [3.8, 4) is 0 Å². The number of carbonyl (C=O) groups is 1. The first kappa shape index (κ1) is 6.22. The van der Waals surface area contributed by atoms with Crippen LogP contribution in [-0.4, -0.2) is 13.1 Å². The van der Waals surface area contributed by atoms with Crippen molar-refractivity contribution in [2.45, 2.75) is 0 Å².